The van der Waals surface area contributed by atoms with Gasteiger partial charge in [0.25, 0.3) is 0 Å². The highest BCUT2D eigenvalue weighted by molar-refractivity contribution is 5.90. The molecular formula is C16H25N3O2. The van der Waals surface area contributed by atoms with E-state index in [0.717, 1.165) is 51.4 Å². The number of nitrogens with two attached hydrogens (primary N) is 1. The Kier molecular flexibility index (Phi) is 6.66. The van der Waals surface area contributed by atoms with Crippen molar-refractivity contribution in [1.82, 2.24) is 4.90 Å². The maximum absolute atomic E-state index is 11.6. The van der Waals surface area contributed by atoms with E-state index in [2.05, 4.69) is 22.3 Å². The average molecular weight is 291 g/mol. The number of morpholine rings is 1. The maximum atomic E-state index is 11.6. The van der Waals surface area contributed by atoms with Crippen LogP contribution in [0.3, 0.4) is 0 Å². The normalized spacial score (nSPS) is 15.9. The SMILES string of the molecule is NCCCC(=O)Nc1ccc(CCN2CCOCC2)cc1. The zero-order valence-corrected chi connectivity index (χ0v) is 12.5. The summed E-state index contributed by atoms with van der Waals surface area (Å²) in [5.74, 6) is 0.0292. The lowest BCUT2D eigenvalue weighted by Gasteiger charge is -2.26. The van der Waals surface area contributed by atoms with Crippen molar-refractivity contribution < 1.29 is 9.53 Å². The molecule has 1 amide bonds. The maximum Gasteiger partial charge on any atom is 0.224 e. The first-order chi connectivity index (χ1) is 10.3. The minimum atomic E-state index is 0.0292. The van der Waals surface area contributed by atoms with Crippen LogP contribution in [0.4, 0.5) is 5.69 Å². The largest absolute Gasteiger partial charge is 0.379 e. The van der Waals surface area contributed by atoms with E-state index < -0.39 is 0 Å². The molecule has 1 aromatic rings. The molecular weight excluding hydrogens is 266 g/mol. The molecule has 1 fully saturated rings. The van der Waals surface area contributed by atoms with Gasteiger partial charge >= 0.3 is 0 Å². The molecule has 0 bridgehead atoms. The molecule has 1 aromatic carbocycles. The Morgan fingerprint density at radius 1 is 1.24 bits per heavy atom. The zero-order chi connectivity index (χ0) is 14.9. The smallest absolute Gasteiger partial charge is 0.224 e. The van der Waals surface area contributed by atoms with Gasteiger partial charge in [-0.1, -0.05) is 12.1 Å². The highest BCUT2D eigenvalue weighted by Crippen LogP contribution is 2.11. The van der Waals surface area contributed by atoms with Crippen molar-refractivity contribution in [3.63, 3.8) is 0 Å². The number of benzene rings is 1. The Morgan fingerprint density at radius 3 is 2.62 bits per heavy atom. The number of rotatable bonds is 7. The molecule has 0 aromatic heterocycles. The molecule has 1 aliphatic rings. The van der Waals surface area contributed by atoms with Crippen molar-refractivity contribution in [2.45, 2.75) is 19.3 Å². The van der Waals surface area contributed by atoms with Gasteiger partial charge < -0.3 is 15.8 Å². The topological polar surface area (TPSA) is 67.6 Å². The molecule has 1 saturated heterocycles. The van der Waals surface area contributed by atoms with Crippen LogP contribution in [0.25, 0.3) is 0 Å². The Hall–Kier alpha value is -1.43. The third kappa shape index (κ3) is 5.83. The molecule has 0 radical (unpaired) electrons. The van der Waals surface area contributed by atoms with Crippen LogP contribution in [-0.2, 0) is 16.0 Å². The first-order valence-corrected chi connectivity index (χ1v) is 7.67. The molecule has 0 saturated carbocycles. The quantitative estimate of drug-likeness (QED) is 0.793. The monoisotopic (exact) mass is 291 g/mol. The number of nitrogens with zero attached hydrogens (tertiary/aromatic N) is 1. The molecule has 0 aliphatic carbocycles. The van der Waals surface area contributed by atoms with Crippen LogP contribution in [0, 0.1) is 0 Å². The molecule has 5 heteroatoms. The first kappa shape index (κ1) is 15.9. The van der Waals surface area contributed by atoms with Crippen LogP contribution >= 0.6 is 0 Å². The lowest BCUT2D eigenvalue weighted by Crippen LogP contribution is -2.37. The van der Waals surface area contributed by atoms with E-state index in [1.54, 1.807) is 0 Å². The van der Waals surface area contributed by atoms with Crippen molar-refractivity contribution in [3.05, 3.63) is 29.8 Å². The summed E-state index contributed by atoms with van der Waals surface area (Å²) in [6.07, 6.45) is 2.24. The second-order valence-corrected chi connectivity index (χ2v) is 5.34. The van der Waals surface area contributed by atoms with Crippen molar-refractivity contribution in [2.75, 3.05) is 44.7 Å². The van der Waals surface area contributed by atoms with Gasteiger partial charge in [0, 0.05) is 31.7 Å². The van der Waals surface area contributed by atoms with Crippen molar-refractivity contribution in [2.24, 2.45) is 5.73 Å². The number of amides is 1. The predicted molar refractivity (Wildman–Crippen MR) is 84.3 cm³/mol. The summed E-state index contributed by atoms with van der Waals surface area (Å²) in [5.41, 5.74) is 7.54. The number of nitrogens with one attached hydrogen (secondary N) is 1. The lowest BCUT2D eigenvalue weighted by molar-refractivity contribution is -0.116. The van der Waals surface area contributed by atoms with Crippen LogP contribution < -0.4 is 11.1 Å². The van der Waals surface area contributed by atoms with Gasteiger partial charge in [0.1, 0.15) is 0 Å². The van der Waals surface area contributed by atoms with E-state index >= 15 is 0 Å². The summed E-state index contributed by atoms with van der Waals surface area (Å²) in [6.45, 7) is 5.34. The second kappa shape index (κ2) is 8.77. The van der Waals surface area contributed by atoms with Gasteiger partial charge in [-0.25, -0.2) is 0 Å². The second-order valence-electron chi connectivity index (χ2n) is 5.34. The minimum absolute atomic E-state index is 0.0292. The first-order valence-electron chi connectivity index (χ1n) is 7.67. The van der Waals surface area contributed by atoms with Crippen LogP contribution in [0.5, 0.6) is 0 Å². The van der Waals surface area contributed by atoms with Gasteiger partial charge in [0.15, 0.2) is 0 Å². The van der Waals surface area contributed by atoms with E-state index in [1.165, 1.54) is 5.56 Å². The summed E-state index contributed by atoms with van der Waals surface area (Å²) in [6, 6.07) is 8.10. The number of anilines is 1. The van der Waals surface area contributed by atoms with E-state index in [4.69, 9.17) is 10.5 Å². The minimum Gasteiger partial charge on any atom is -0.379 e. The fraction of sp³-hybridized carbons (Fsp3) is 0.562. The molecule has 3 N–H and O–H groups in total. The van der Waals surface area contributed by atoms with Gasteiger partial charge in [0.05, 0.1) is 13.2 Å². The predicted octanol–water partition coefficient (Wildman–Crippen LogP) is 1.24. The van der Waals surface area contributed by atoms with E-state index in [-0.39, 0.29) is 5.91 Å². The molecule has 0 unspecified atom stereocenters. The summed E-state index contributed by atoms with van der Waals surface area (Å²) in [4.78, 5) is 14.0. The standard InChI is InChI=1S/C16H25N3O2/c17-8-1-2-16(20)18-15-5-3-14(4-6-15)7-9-19-10-12-21-13-11-19/h3-6H,1-2,7-13,17H2,(H,18,20). The van der Waals surface area contributed by atoms with Gasteiger partial charge in [-0.2, -0.15) is 0 Å². The zero-order valence-electron chi connectivity index (χ0n) is 12.5. The number of carbonyl (C=O) groups excluding carboxylic acids is 1. The molecule has 0 atom stereocenters. The molecule has 116 valence electrons. The summed E-state index contributed by atoms with van der Waals surface area (Å²) in [5, 5.41) is 2.89. The Bertz CT molecular complexity index is 428. The third-order valence-corrected chi connectivity index (χ3v) is 3.67. The van der Waals surface area contributed by atoms with Crippen LogP contribution in [-0.4, -0.2) is 50.2 Å². The van der Waals surface area contributed by atoms with E-state index in [9.17, 15) is 4.79 Å². The summed E-state index contributed by atoms with van der Waals surface area (Å²) >= 11 is 0. The third-order valence-electron chi connectivity index (χ3n) is 3.67. The fourth-order valence-corrected chi connectivity index (χ4v) is 2.35. The molecule has 21 heavy (non-hydrogen) atoms. The highest BCUT2D eigenvalue weighted by atomic mass is 16.5. The molecule has 2 rings (SSSR count). The van der Waals surface area contributed by atoms with Crippen molar-refractivity contribution in [3.8, 4) is 0 Å². The Labute approximate surface area is 126 Å². The van der Waals surface area contributed by atoms with Crippen molar-refractivity contribution in [1.29, 1.82) is 0 Å². The van der Waals surface area contributed by atoms with Gasteiger partial charge in [0.2, 0.25) is 5.91 Å². The summed E-state index contributed by atoms with van der Waals surface area (Å²) in [7, 11) is 0. The molecule has 1 aliphatic heterocycles. The number of hydrogen-bond acceptors (Lipinski definition) is 4. The Balaban J connectivity index is 1.74. The number of ether oxygens (including phenoxy) is 1. The number of hydrogen-bond donors (Lipinski definition) is 2. The summed E-state index contributed by atoms with van der Waals surface area (Å²) < 4.78 is 5.34. The van der Waals surface area contributed by atoms with Gasteiger partial charge in [-0.05, 0) is 37.1 Å². The molecule has 1 heterocycles. The fourth-order valence-electron chi connectivity index (χ4n) is 2.35. The number of carbonyl (C=O) groups is 1. The van der Waals surface area contributed by atoms with Crippen LogP contribution in [0.2, 0.25) is 0 Å². The molecule has 5 nitrogen and oxygen atoms in total. The van der Waals surface area contributed by atoms with E-state index in [1.807, 2.05) is 12.1 Å². The lowest BCUT2D eigenvalue weighted by atomic mass is 10.1. The Morgan fingerprint density at radius 2 is 1.95 bits per heavy atom. The highest BCUT2D eigenvalue weighted by Gasteiger charge is 2.09. The van der Waals surface area contributed by atoms with Gasteiger partial charge in [-0.15, -0.1) is 0 Å². The molecule has 0 spiro atoms. The van der Waals surface area contributed by atoms with Crippen LogP contribution in [0.15, 0.2) is 24.3 Å². The van der Waals surface area contributed by atoms with E-state index in [0.29, 0.717) is 13.0 Å². The average Bonchev–Trinajstić information content (AvgIpc) is 2.53. The van der Waals surface area contributed by atoms with Crippen LogP contribution in [0.1, 0.15) is 18.4 Å². The van der Waals surface area contributed by atoms with Crippen molar-refractivity contribution >= 4 is 11.6 Å². The van der Waals surface area contributed by atoms with Gasteiger partial charge in [-0.3, -0.25) is 9.69 Å².